The molecule has 1 aliphatic rings. The van der Waals surface area contributed by atoms with Crippen LogP contribution in [-0.2, 0) is 0 Å². The average molecular weight is 158 g/mol. The Morgan fingerprint density at radius 2 is 1.55 bits per heavy atom. The summed E-state index contributed by atoms with van der Waals surface area (Å²) < 4.78 is 0. The Kier molecular flexibility index (Phi) is 5.51. The molecule has 0 heterocycles. The van der Waals surface area contributed by atoms with E-state index in [-0.39, 0.29) is 5.54 Å². The van der Waals surface area contributed by atoms with Gasteiger partial charge in [0.05, 0.1) is 0 Å². The molecule has 0 spiro atoms. The van der Waals surface area contributed by atoms with Crippen molar-refractivity contribution in [3.05, 3.63) is 0 Å². The molecule has 0 atom stereocenters. The van der Waals surface area contributed by atoms with Gasteiger partial charge in [0.2, 0.25) is 0 Å². The lowest BCUT2D eigenvalue weighted by Crippen LogP contribution is -2.48. The maximum Gasteiger partial charge on any atom is 0.0278 e. The normalized spacial score (nSPS) is 21.8. The van der Waals surface area contributed by atoms with Gasteiger partial charge in [-0.3, -0.25) is 0 Å². The van der Waals surface area contributed by atoms with E-state index in [2.05, 4.69) is 0 Å². The van der Waals surface area contributed by atoms with Crippen LogP contribution in [0, 0.1) is 0 Å². The van der Waals surface area contributed by atoms with Crippen LogP contribution in [0.15, 0.2) is 0 Å². The molecule has 0 amide bonds. The number of hydrogen-bond acceptors (Lipinski definition) is 2. The van der Waals surface area contributed by atoms with Crippen LogP contribution in [0.5, 0.6) is 0 Å². The molecular formula is C9H22N2. The van der Waals surface area contributed by atoms with Gasteiger partial charge in [0.25, 0.3) is 0 Å². The lowest BCUT2D eigenvalue weighted by molar-refractivity contribution is 0.304. The Bertz CT molecular complexity index is 85.6. The smallest absolute Gasteiger partial charge is 0.0278 e. The van der Waals surface area contributed by atoms with Gasteiger partial charge in [-0.25, -0.2) is 0 Å². The van der Waals surface area contributed by atoms with Crippen molar-refractivity contribution in [2.45, 2.75) is 51.5 Å². The molecular weight excluding hydrogens is 136 g/mol. The summed E-state index contributed by atoms with van der Waals surface area (Å²) in [6, 6.07) is 0. The Hall–Kier alpha value is -0.0800. The van der Waals surface area contributed by atoms with E-state index in [0.29, 0.717) is 6.54 Å². The van der Waals surface area contributed by atoms with Crippen LogP contribution in [0.25, 0.3) is 0 Å². The molecule has 0 radical (unpaired) electrons. The van der Waals surface area contributed by atoms with E-state index in [9.17, 15) is 0 Å². The SMILES string of the molecule is CC.NCC1(N)CCCCC1. The van der Waals surface area contributed by atoms with Gasteiger partial charge in [-0.15, -0.1) is 0 Å². The second-order valence-corrected chi connectivity index (χ2v) is 3.13. The first-order valence-corrected chi connectivity index (χ1v) is 4.76. The number of hydrogen-bond donors (Lipinski definition) is 2. The van der Waals surface area contributed by atoms with Crippen molar-refractivity contribution in [3.63, 3.8) is 0 Å². The predicted molar refractivity (Wildman–Crippen MR) is 50.4 cm³/mol. The zero-order valence-corrected chi connectivity index (χ0v) is 7.90. The van der Waals surface area contributed by atoms with E-state index in [0.717, 1.165) is 12.8 Å². The third-order valence-electron chi connectivity index (χ3n) is 2.26. The van der Waals surface area contributed by atoms with Gasteiger partial charge in [0.15, 0.2) is 0 Å². The molecule has 0 bridgehead atoms. The second-order valence-electron chi connectivity index (χ2n) is 3.13. The Morgan fingerprint density at radius 3 is 1.82 bits per heavy atom. The van der Waals surface area contributed by atoms with Crippen LogP contribution in [0.3, 0.4) is 0 Å². The van der Waals surface area contributed by atoms with Gasteiger partial charge < -0.3 is 11.5 Å². The molecule has 11 heavy (non-hydrogen) atoms. The minimum Gasteiger partial charge on any atom is -0.329 e. The molecule has 1 fully saturated rings. The zero-order valence-electron chi connectivity index (χ0n) is 7.90. The number of nitrogens with two attached hydrogens (primary N) is 2. The summed E-state index contributed by atoms with van der Waals surface area (Å²) in [7, 11) is 0. The van der Waals surface area contributed by atoms with Gasteiger partial charge in [0.1, 0.15) is 0 Å². The van der Waals surface area contributed by atoms with Crippen LogP contribution in [0.4, 0.5) is 0 Å². The largest absolute Gasteiger partial charge is 0.329 e. The summed E-state index contributed by atoms with van der Waals surface area (Å²) in [5.74, 6) is 0. The average Bonchev–Trinajstić information content (AvgIpc) is 2.10. The minimum atomic E-state index is -0.00174. The minimum absolute atomic E-state index is 0.00174. The lowest BCUT2D eigenvalue weighted by atomic mass is 9.83. The first kappa shape index (κ1) is 10.9. The van der Waals surface area contributed by atoms with Crippen molar-refractivity contribution in [1.29, 1.82) is 0 Å². The lowest BCUT2D eigenvalue weighted by Gasteiger charge is -2.31. The van der Waals surface area contributed by atoms with E-state index in [1.165, 1.54) is 19.3 Å². The third kappa shape index (κ3) is 3.73. The van der Waals surface area contributed by atoms with Crippen LogP contribution < -0.4 is 11.5 Å². The molecule has 0 aromatic carbocycles. The summed E-state index contributed by atoms with van der Waals surface area (Å²) in [5.41, 5.74) is 11.4. The van der Waals surface area contributed by atoms with E-state index < -0.39 is 0 Å². The molecule has 2 heteroatoms. The summed E-state index contributed by atoms with van der Waals surface area (Å²) in [6.45, 7) is 4.66. The molecule has 0 saturated heterocycles. The molecule has 1 rings (SSSR count). The standard InChI is InChI=1S/C7H16N2.C2H6/c8-6-7(9)4-2-1-3-5-7;1-2/h1-6,8-9H2;1-2H3. The Morgan fingerprint density at radius 1 is 1.09 bits per heavy atom. The van der Waals surface area contributed by atoms with Crippen molar-refractivity contribution < 1.29 is 0 Å². The summed E-state index contributed by atoms with van der Waals surface area (Å²) in [5, 5.41) is 0. The summed E-state index contributed by atoms with van der Waals surface area (Å²) >= 11 is 0. The molecule has 2 nitrogen and oxygen atoms in total. The zero-order chi connectivity index (χ0) is 8.74. The van der Waals surface area contributed by atoms with Crippen LogP contribution in [0.2, 0.25) is 0 Å². The molecule has 1 saturated carbocycles. The second kappa shape index (κ2) is 5.56. The maximum absolute atomic E-state index is 5.93. The highest BCUT2D eigenvalue weighted by Gasteiger charge is 2.24. The molecule has 0 aliphatic heterocycles. The van der Waals surface area contributed by atoms with Gasteiger partial charge in [-0.1, -0.05) is 33.1 Å². The van der Waals surface area contributed by atoms with E-state index in [4.69, 9.17) is 11.5 Å². The fourth-order valence-corrected chi connectivity index (χ4v) is 1.46. The summed E-state index contributed by atoms with van der Waals surface area (Å²) in [6.07, 6.45) is 6.15. The molecule has 4 N–H and O–H groups in total. The monoisotopic (exact) mass is 158 g/mol. The van der Waals surface area contributed by atoms with E-state index in [1.807, 2.05) is 13.8 Å². The van der Waals surface area contributed by atoms with Gasteiger partial charge >= 0.3 is 0 Å². The maximum atomic E-state index is 5.93. The van der Waals surface area contributed by atoms with Gasteiger partial charge in [-0.05, 0) is 12.8 Å². The first-order valence-electron chi connectivity index (χ1n) is 4.76. The van der Waals surface area contributed by atoms with Crippen molar-refractivity contribution in [2.75, 3.05) is 6.54 Å². The number of rotatable bonds is 1. The van der Waals surface area contributed by atoms with E-state index >= 15 is 0 Å². The topological polar surface area (TPSA) is 52.0 Å². The predicted octanol–water partition coefficient (Wildman–Crippen LogP) is 1.63. The first-order chi connectivity index (χ1) is 5.27. The molecule has 68 valence electrons. The third-order valence-corrected chi connectivity index (χ3v) is 2.26. The quantitative estimate of drug-likeness (QED) is 0.609. The molecule has 0 aromatic rings. The van der Waals surface area contributed by atoms with Crippen molar-refractivity contribution >= 4 is 0 Å². The Labute approximate surface area is 70.3 Å². The fourth-order valence-electron chi connectivity index (χ4n) is 1.46. The van der Waals surface area contributed by atoms with Crippen molar-refractivity contribution in [3.8, 4) is 0 Å². The van der Waals surface area contributed by atoms with Crippen LogP contribution in [0.1, 0.15) is 46.0 Å². The van der Waals surface area contributed by atoms with Gasteiger partial charge in [-0.2, -0.15) is 0 Å². The molecule has 0 unspecified atom stereocenters. The molecule has 0 aromatic heterocycles. The highest BCUT2D eigenvalue weighted by atomic mass is 14.8. The van der Waals surface area contributed by atoms with Crippen molar-refractivity contribution in [2.24, 2.45) is 11.5 Å². The van der Waals surface area contributed by atoms with E-state index in [1.54, 1.807) is 0 Å². The fraction of sp³-hybridized carbons (Fsp3) is 1.00. The van der Waals surface area contributed by atoms with Gasteiger partial charge in [0, 0.05) is 12.1 Å². The summed E-state index contributed by atoms with van der Waals surface area (Å²) in [4.78, 5) is 0. The highest BCUT2D eigenvalue weighted by molar-refractivity contribution is 4.87. The van der Waals surface area contributed by atoms with Crippen LogP contribution >= 0.6 is 0 Å². The molecule has 1 aliphatic carbocycles. The van der Waals surface area contributed by atoms with Crippen molar-refractivity contribution in [1.82, 2.24) is 0 Å². The Balaban J connectivity index is 0.000000461. The van der Waals surface area contributed by atoms with Crippen LogP contribution in [-0.4, -0.2) is 12.1 Å². The highest BCUT2D eigenvalue weighted by Crippen LogP contribution is 2.24.